The van der Waals surface area contributed by atoms with Gasteiger partial charge in [0.05, 0.1) is 4.90 Å². The van der Waals surface area contributed by atoms with Crippen molar-refractivity contribution in [3.8, 4) is 0 Å². The molecule has 0 aliphatic carbocycles. The molecule has 1 aromatic rings. The largest absolute Gasteiger partial charge is 0.342 e. The molecule has 2 rings (SSSR count). The first kappa shape index (κ1) is 18.8. The Morgan fingerprint density at radius 2 is 1.67 bits per heavy atom. The number of benzene rings is 1. The first-order valence-electron chi connectivity index (χ1n) is 8.02. The van der Waals surface area contributed by atoms with E-state index in [9.17, 15) is 18.0 Å². The van der Waals surface area contributed by atoms with Crippen LogP contribution < -0.4 is 0 Å². The summed E-state index contributed by atoms with van der Waals surface area (Å²) in [5, 5.41) is 0. The average Bonchev–Trinajstić information content (AvgIpc) is 2.46. The van der Waals surface area contributed by atoms with Crippen LogP contribution in [0, 0.1) is 12.8 Å². The molecule has 6 nitrogen and oxygen atoms in total. The number of aryl methyl sites for hydroxylation is 1. The number of piperidine rings is 1. The Morgan fingerprint density at radius 1 is 1.12 bits per heavy atom. The summed E-state index contributed by atoms with van der Waals surface area (Å²) in [6.45, 7) is 5.46. The van der Waals surface area contributed by atoms with Gasteiger partial charge in [-0.2, -0.15) is 13.1 Å². The van der Waals surface area contributed by atoms with Crippen molar-refractivity contribution in [2.45, 2.75) is 38.5 Å². The third-order valence-corrected chi connectivity index (χ3v) is 5.78. The Balaban J connectivity index is 2.24. The number of hydrogen-bond acceptors (Lipinski definition) is 5. The molecule has 1 saturated heterocycles. The molecule has 7 heteroatoms. The summed E-state index contributed by atoms with van der Waals surface area (Å²) >= 11 is 0. The van der Waals surface area contributed by atoms with Crippen molar-refractivity contribution in [1.82, 2.24) is 0 Å². The predicted molar refractivity (Wildman–Crippen MR) is 88.4 cm³/mol. The average molecular weight is 354 g/mol. The zero-order chi connectivity index (χ0) is 18.0. The topological polar surface area (TPSA) is 77.5 Å². The van der Waals surface area contributed by atoms with Gasteiger partial charge in [0.25, 0.3) is 0 Å². The number of hydrogen-bond donors (Lipinski definition) is 0. The fourth-order valence-electron chi connectivity index (χ4n) is 3.07. The molecule has 0 spiro atoms. The molecular weight excluding hydrogens is 330 g/mol. The highest BCUT2D eigenvalue weighted by Gasteiger charge is 2.42. The van der Waals surface area contributed by atoms with Gasteiger partial charge in [0.1, 0.15) is 18.9 Å². The van der Waals surface area contributed by atoms with Crippen LogP contribution in [0.1, 0.15) is 32.3 Å². The third kappa shape index (κ3) is 4.49. The lowest BCUT2D eigenvalue weighted by Gasteiger charge is -2.38. The lowest BCUT2D eigenvalue weighted by Crippen LogP contribution is -2.56. The molecule has 0 bridgehead atoms. The minimum atomic E-state index is -3.98. The van der Waals surface area contributed by atoms with Gasteiger partial charge in [-0.25, -0.2) is 0 Å². The number of rotatable bonds is 6. The zero-order valence-electron chi connectivity index (χ0n) is 14.3. The molecule has 0 unspecified atom stereocenters. The van der Waals surface area contributed by atoms with Crippen LogP contribution in [-0.4, -0.2) is 44.3 Å². The summed E-state index contributed by atoms with van der Waals surface area (Å²) < 4.78 is 30.4. The Hall–Kier alpha value is -1.57. The van der Waals surface area contributed by atoms with Crippen LogP contribution >= 0.6 is 0 Å². The first-order chi connectivity index (χ1) is 11.1. The Labute approximate surface area is 143 Å². The highest BCUT2D eigenvalue weighted by atomic mass is 32.2. The smallest absolute Gasteiger partial charge is 0.300 e. The predicted octanol–water partition coefficient (Wildman–Crippen LogP) is 2.02. The second-order valence-corrected chi connectivity index (χ2v) is 8.12. The molecule has 1 heterocycles. The number of Topliss-reactive ketones (excluding diaryl/α,β-unsaturated/α-hetero) is 2. The molecule has 0 atom stereocenters. The summed E-state index contributed by atoms with van der Waals surface area (Å²) in [6.07, 6.45) is 1.04. The summed E-state index contributed by atoms with van der Waals surface area (Å²) in [6, 6.07) is 6.40. The van der Waals surface area contributed by atoms with Crippen molar-refractivity contribution in [3.63, 3.8) is 0 Å². The summed E-state index contributed by atoms with van der Waals surface area (Å²) in [5.41, 5.74) is 0.948. The van der Waals surface area contributed by atoms with Gasteiger partial charge in [0.2, 0.25) is 0 Å². The Morgan fingerprint density at radius 3 is 2.12 bits per heavy atom. The van der Waals surface area contributed by atoms with E-state index in [4.69, 9.17) is 4.28 Å². The second kappa shape index (κ2) is 7.13. The van der Waals surface area contributed by atoms with E-state index in [2.05, 4.69) is 0 Å². The molecule has 1 aliphatic rings. The number of hydroxylamine groups is 3. The van der Waals surface area contributed by atoms with Crippen LogP contribution in [0.4, 0.5) is 0 Å². The van der Waals surface area contributed by atoms with Gasteiger partial charge < -0.3 is 0 Å². The van der Waals surface area contributed by atoms with E-state index in [-0.39, 0.29) is 33.6 Å². The standard InChI is InChI=1S/C17H24NO5S/c1-13-4-6-17(7-5-13)24(21,22)23-18(12-14(2)19)10-8-16(9-11-18)15(3)20/h4-7,16H,8-12H2,1-3H3/q+1. The van der Waals surface area contributed by atoms with Gasteiger partial charge in [0, 0.05) is 25.7 Å². The fraction of sp³-hybridized carbons (Fsp3) is 0.529. The SMILES string of the molecule is CC(=O)C[N+]1(OS(=O)(=O)c2ccc(C)cc2)CCC(C(C)=O)CC1. The van der Waals surface area contributed by atoms with Crippen molar-refractivity contribution in [1.29, 1.82) is 0 Å². The molecule has 0 N–H and O–H groups in total. The summed E-state index contributed by atoms with van der Waals surface area (Å²) in [7, 11) is -3.98. The molecule has 132 valence electrons. The van der Waals surface area contributed by atoms with Crippen LogP contribution in [0.2, 0.25) is 0 Å². The van der Waals surface area contributed by atoms with Crippen LogP contribution in [-0.2, 0) is 24.0 Å². The van der Waals surface area contributed by atoms with Crippen LogP contribution in [0.5, 0.6) is 0 Å². The van der Waals surface area contributed by atoms with Crippen LogP contribution in [0.15, 0.2) is 29.2 Å². The second-order valence-electron chi connectivity index (χ2n) is 6.59. The van der Waals surface area contributed by atoms with Crippen molar-refractivity contribution >= 4 is 21.7 Å². The molecule has 1 fully saturated rings. The monoisotopic (exact) mass is 354 g/mol. The van der Waals surface area contributed by atoms with E-state index in [0.29, 0.717) is 25.9 Å². The maximum Gasteiger partial charge on any atom is 0.342 e. The molecule has 1 aliphatic heterocycles. The van der Waals surface area contributed by atoms with E-state index < -0.39 is 10.1 Å². The van der Waals surface area contributed by atoms with Crippen LogP contribution in [0.25, 0.3) is 0 Å². The normalized spacial score (nSPS) is 24.5. The number of nitrogens with zero attached hydrogens (tertiary/aromatic N) is 1. The van der Waals surface area contributed by atoms with Gasteiger partial charge in [-0.3, -0.25) is 9.59 Å². The van der Waals surface area contributed by atoms with E-state index in [1.807, 2.05) is 6.92 Å². The number of quaternary nitrogens is 1. The van der Waals surface area contributed by atoms with E-state index in [1.54, 1.807) is 19.1 Å². The molecule has 0 aromatic heterocycles. The number of ketones is 2. The maximum absolute atomic E-state index is 12.6. The summed E-state index contributed by atoms with van der Waals surface area (Å²) in [5.74, 6) is -0.138. The van der Waals surface area contributed by atoms with Gasteiger partial charge in [-0.1, -0.05) is 22.0 Å². The van der Waals surface area contributed by atoms with E-state index in [1.165, 1.54) is 19.1 Å². The molecule has 0 radical (unpaired) electrons. The lowest BCUT2D eigenvalue weighted by molar-refractivity contribution is -1.08. The number of carbonyl (C=O) groups is 2. The summed E-state index contributed by atoms with van der Waals surface area (Å²) in [4.78, 5) is 23.3. The minimum absolute atomic E-state index is 0.0181. The van der Waals surface area contributed by atoms with Crippen molar-refractivity contribution < 1.29 is 26.9 Å². The van der Waals surface area contributed by atoms with Crippen molar-refractivity contribution in [2.75, 3.05) is 19.6 Å². The highest BCUT2D eigenvalue weighted by molar-refractivity contribution is 7.86. The van der Waals surface area contributed by atoms with Gasteiger partial charge >= 0.3 is 10.1 Å². The van der Waals surface area contributed by atoms with Crippen molar-refractivity contribution in [2.24, 2.45) is 5.92 Å². The van der Waals surface area contributed by atoms with E-state index in [0.717, 1.165) is 5.56 Å². The van der Waals surface area contributed by atoms with Crippen molar-refractivity contribution in [3.05, 3.63) is 29.8 Å². The van der Waals surface area contributed by atoms with Gasteiger partial charge in [-0.15, -0.1) is 0 Å². The Kier molecular flexibility index (Phi) is 5.57. The van der Waals surface area contributed by atoms with Gasteiger partial charge in [-0.05, 0) is 26.0 Å². The third-order valence-electron chi connectivity index (χ3n) is 4.42. The lowest BCUT2D eigenvalue weighted by atomic mass is 9.93. The van der Waals surface area contributed by atoms with E-state index >= 15 is 0 Å². The molecule has 0 saturated carbocycles. The maximum atomic E-state index is 12.6. The quantitative estimate of drug-likeness (QED) is 0.731. The highest BCUT2D eigenvalue weighted by Crippen LogP contribution is 2.28. The molecule has 0 amide bonds. The fourth-order valence-corrected chi connectivity index (χ4v) is 4.24. The number of carbonyl (C=O) groups excluding carboxylic acids is 2. The molecule has 24 heavy (non-hydrogen) atoms. The van der Waals surface area contributed by atoms with Crippen LogP contribution in [0.3, 0.4) is 0 Å². The minimum Gasteiger partial charge on any atom is -0.300 e. The molecule has 1 aromatic carbocycles. The Bertz CT molecular complexity index is 716. The molecular formula is C17H24NO5S+. The first-order valence-corrected chi connectivity index (χ1v) is 9.43. The van der Waals surface area contributed by atoms with Gasteiger partial charge in [0.15, 0.2) is 12.3 Å². The number of likely N-dealkylation sites (tertiary alicyclic amines) is 1. The zero-order valence-corrected chi connectivity index (χ0v) is 15.1.